The molecule has 14 heteroatoms. The van der Waals surface area contributed by atoms with Crippen molar-refractivity contribution in [1.82, 2.24) is 31.2 Å². The number of nitrogens with one attached hydrogen (secondary N) is 4. The molecule has 2 aromatic carbocycles. The largest absolute Gasteiger partial charge is 0.391 e. The van der Waals surface area contributed by atoms with Gasteiger partial charge in [-0.15, -0.1) is 23.7 Å². The van der Waals surface area contributed by atoms with Crippen molar-refractivity contribution in [1.29, 1.82) is 0 Å². The van der Waals surface area contributed by atoms with Gasteiger partial charge >= 0.3 is 0 Å². The summed E-state index contributed by atoms with van der Waals surface area (Å²) in [4.78, 5) is 62.4. The quantitative estimate of drug-likeness (QED) is 0.149. The third-order valence-corrected chi connectivity index (χ3v) is 11.0. The first-order valence-electron chi connectivity index (χ1n) is 18.7. The van der Waals surface area contributed by atoms with Crippen LogP contribution >= 0.6 is 23.7 Å². The molecule has 3 heterocycles. The van der Waals surface area contributed by atoms with Gasteiger partial charge in [-0.3, -0.25) is 19.2 Å². The molecule has 0 spiro atoms. The molecule has 4 amide bonds. The number of benzene rings is 2. The van der Waals surface area contributed by atoms with Gasteiger partial charge in [0.25, 0.3) is 5.91 Å². The van der Waals surface area contributed by atoms with E-state index >= 15 is 0 Å². The highest BCUT2D eigenvalue weighted by molar-refractivity contribution is 7.13. The molecule has 0 radical (unpaired) electrons. The van der Waals surface area contributed by atoms with Crippen molar-refractivity contribution in [3.63, 3.8) is 0 Å². The summed E-state index contributed by atoms with van der Waals surface area (Å²) >= 11 is 1.58. The molecule has 0 saturated carbocycles. The number of hydrogen-bond acceptors (Lipinski definition) is 9. The van der Waals surface area contributed by atoms with Gasteiger partial charge in [0.05, 0.1) is 28.2 Å². The monoisotopic (exact) mass is 781 g/mol. The van der Waals surface area contributed by atoms with E-state index in [0.29, 0.717) is 18.5 Å². The standard InChI is InChI=1S/C40H55N7O5S.ClH/c1-26(28-10-12-29(13-11-28)35-27(2)43-25-53-35)44-38(51)33-23-32(48)24-47(33)39(52)36(40(3,4)5)45-34(49)9-7-6-8-18-42-37(50)30-14-16-31(17-15-30)46-21-19-41-20-22-46;/h10-17,25-26,32-33,36,41,48H,6-9,18-24H2,1-5H3,(H,42,50)(H,44,51)(H,45,49);1H/t26-,32+,33-,36+;/m0./s1. The van der Waals surface area contributed by atoms with Crippen molar-refractivity contribution in [3.05, 3.63) is 70.9 Å². The van der Waals surface area contributed by atoms with Crippen molar-refractivity contribution in [2.75, 3.05) is 44.2 Å². The summed E-state index contributed by atoms with van der Waals surface area (Å²) in [7, 11) is 0. The molecule has 12 nitrogen and oxygen atoms in total. The molecule has 2 fully saturated rings. The van der Waals surface area contributed by atoms with E-state index < -0.39 is 23.6 Å². The van der Waals surface area contributed by atoms with Crippen LogP contribution in [-0.4, -0.2) is 96.1 Å². The zero-order chi connectivity index (χ0) is 38.1. The van der Waals surface area contributed by atoms with Crippen molar-refractivity contribution >= 4 is 53.1 Å². The molecule has 54 heavy (non-hydrogen) atoms. The Balaban J connectivity index is 0.00000650. The van der Waals surface area contributed by atoms with Crippen LogP contribution in [-0.2, 0) is 14.4 Å². The summed E-state index contributed by atoms with van der Waals surface area (Å²) in [5, 5.41) is 22.8. The zero-order valence-corrected chi connectivity index (χ0v) is 33.7. The van der Waals surface area contributed by atoms with Crippen LogP contribution in [0.2, 0.25) is 0 Å². The number of aliphatic hydroxyl groups excluding tert-OH is 1. The maximum absolute atomic E-state index is 14.0. The van der Waals surface area contributed by atoms with E-state index in [9.17, 15) is 24.3 Å². The molecule has 0 aliphatic carbocycles. The van der Waals surface area contributed by atoms with E-state index in [1.807, 2.05) is 88.7 Å². The number of rotatable bonds is 14. The van der Waals surface area contributed by atoms with E-state index in [4.69, 9.17) is 0 Å². The molecule has 2 saturated heterocycles. The first-order chi connectivity index (χ1) is 25.3. The van der Waals surface area contributed by atoms with Gasteiger partial charge in [-0.2, -0.15) is 0 Å². The molecule has 2 aliphatic heterocycles. The minimum Gasteiger partial charge on any atom is -0.391 e. The minimum absolute atomic E-state index is 0. The number of aliphatic hydroxyl groups is 1. The Hall–Kier alpha value is -4.04. The average Bonchev–Trinajstić information content (AvgIpc) is 3.76. The number of β-amino-alcohol motifs (C(OH)–C–C–N with tert-alkyl or cyclic N) is 1. The van der Waals surface area contributed by atoms with Crippen LogP contribution < -0.4 is 26.2 Å². The zero-order valence-electron chi connectivity index (χ0n) is 32.0. The smallest absolute Gasteiger partial charge is 0.251 e. The molecular weight excluding hydrogens is 726 g/mol. The van der Waals surface area contributed by atoms with E-state index in [1.54, 1.807) is 11.3 Å². The van der Waals surface area contributed by atoms with Gasteiger partial charge in [-0.1, -0.05) is 51.5 Å². The Bertz CT molecular complexity index is 1710. The van der Waals surface area contributed by atoms with Crippen LogP contribution in [0.4, 0.5) is 5.69 Å². The first-order valence-corrected chi connectivity index (χ1v) is 19.6. The molecule has 4 atom stereocenters. The number of likely N-dealkylation sites (tertiary alicyclic amines) is 1. The molecular formula is C40H56ClN7O5S. The third kappa shape index (κ3) is 11.2. The van der Waals surface area contributed by atoms with E-state index in [-0.39, 0.29) is 61.5 Å². The number of nitrogens with zero attached hydrogens (tertiary/aromatic N) is 3. The fourth-order valence-electron chi connectivity index (χ4n) is 6.89. The Labute approximate surface area is 329 Å². The Morgan fingerprint density at radius 1 is 0.981 bits per heavy atom. The lowest BCUT2D eigenvalue weighted by molar-refractivity contribution is -0.144. The molecule has 5 rings (SSSR count). The average molecular weight is 782 g/mol. The molecule has 0 bridgehead atoms. The lowest BCUT2D eigenvalue weighted by atomic mass is 9.85. The number of carbonyl (C=O) groups excluding carboxylic acids is 4. The van der Waals surface area contributed by atoms with Gasteiger partial charge in [0, 0.05) is 63.4 Å². The predicted octanol–water partition coefficient (Wildman–Crippen LogP) is 4.61. The summed E-state index contributed by atoms with van der Waals surface area (Å²) < 4.78 is 0. The summed E-state index contributed by atoms with van der Waals surface area (Å²) in [5.41, 5.74) is 5.87. The maximum atomic E-state index is 14.0. The topological polar surface area (TPSA) is 156 Å². The van der Waals surface area contributed by atoms with Crippen LogP contribution in [0.15, 0.2) is 54.0 Å². The van der Waals surface area contributed by atoms with Gasteiger partial charge in [0.15, 0.2) is 0 Å². The van der Waals surface area contributed by atoms with Gasteiger partial charge in [-0.05, 0) is 67.5 Å². The number of halogens is 1. The Kier molecular flexibility index (Phi) is 15.4. The first kappa shape index (κ1) is 42.7. The lowest BCUT2D eigenvalue weighted by Gasteiger charge is -2.35. The number of hydrogen-bond donors (Lipinski definition) is 5. The highest BCUT2D eigenvalue weighted by Crippen LogP contribution is 2.30. The second-order valence-corrected chi connectivity index (χ2v) is 16.1. The van der Waals surface area contributed by atoms with Crippen molar-refractivity contribution in [2.24, 2.45) is 5.41 Å². The third-order valence-electron chi connectivity index (χ3n) is 10.0. The van der Waals surface area contributed by atoms with Crippen LogP contribution in [0.3, 0.4) is 0 Å². The fourth-order valence-corrected chi connectivity index (χ4v) is 7.70. The van der Waals surface area contributed by atoms with Gasteiger partial charge in [-0.25, -0.2) is 4.98 Å². The number of aromatic nitrogens is 1. The Morgan fingerprint density at radius 2 is 1.67 bits per heavy atom. The van der Waals surface area contributed by atoms with Crippen LogP contribution in [0.1, 0.15) is 87.5 Å². The maximum Gasteiger partial charge on any atom is 0.251 e. The molecule has 0 unspecified atom stereocenters. The number of carbonyl (C=O) groups is 4. The van der Waals surface area contributed by atoms with Crippen LogP contribution in [0.5, 0.6) is 0 Å². The fraction of sp³-hybridized carbons (Fsp3) is 0.525. The van der Waals surface area contributed by atoms with Gasteiger partial charge < -0.3 is 36.2 Å². The number of thiazole rings is 1. The minimum atomic E-state index is -0.881. The number of amides is 4. The number of anilines is 1. The summed E-state index contributed by atoms with van der Waals surface area (Å²) in [6.07, 6.45) is 1.55. The number of piperazine rings is 1. The normalized spacial score (nSPS) is 18.3. The van der Waals surface area contributed by atoms with Crippen molar-refractivity contribution in [3.8, 4) is 10.4 Å². The molecule has 294 valence electrons. The highest BCUT2D eigenvalue weighted by Gasteiger charge is 2.44. The van der Waals surface area contributed by atoms with E-state index in [2.05, 4.69) is 31.2 Å². The van der Waals surface area contributed by atoms with Crippen molar-refractivity contribution < 1.29 is 24.3 Å². The lowest BCUT2D eigenvalue weighted by Crippen LogP contribution is -2.57. The molecule has 1 aromatic heterocycles. The van der Waals surface area contributed by atoms with E-state index in [0.717, 1.165) is 66.4 Å². The SMILES string of the molecule is Cc1ncsc1-c1ccc([C@H](C)NC(=O)[C@@H]2C[C@@H](O)CN2C(=O)[C@@H](NC(=O)CCCCCNC(=O)c2ccc(N3CCNCC3)cc2)C(C)(C)C)cc1.Cl. The van der Waals surface area contributed by atoms with Gasteiger partial charge in [0.2, 0.25) is 17.7 Å². The summed E-state index contributed by atoms with van der Waals surface area (Å²) in [5.74, 6) is -1.10. The highest BCUT2D eigenvalue weighted by atomic mass is 35.5. The van der Waals surface area contributed by atoms with Crippen molar-refractivity contribution in [2.45, 2.75) is 91.0 Å². The second-order valence-electron chi connectivity index (χ2n) is 15.2. The second kappa shape index (κ2) is 19.5. The summed E-state index contributed by atoms with van der Waals surface area (Å²) in [6.45, 7) is 13.8. The molecule has 3 aromatic rings. The summed E-state index contributed by atoms with van der Waals surface area (Å²) in [6, 6.07) is 13.6. The Morgan fingerprint density at radius 3 is 2.30 bits per heavy atom. The van der Waals surface area contributed by atoms with Crippen LogP contribution in [0, 0.1) is 12.3 Å². The molecule has 5 N–H and O–H groups in total. The number of aryl methyl sites for hydroxylation is 1. The van der Waals surface area contributed by atoms with E-state index in [1.165, 1.54) is 4.90 Å². The number of unbranched alkanes of at least 4 members (excludes halogenated alkanes) is 2. The van der Waals surface area contributed by atoms with Gasteiger partial charge in [0.1, 0.15) is 12.1 Å². The predicted molar refractivity (Wildman–Crippen MR) is 216 cm³/mol. The molecule has 2 aliphatic rings. The van der Waals surface area contributed by atoms with Crippen LogP contribution in [0.25, 0.3) is 10.4 Å².